The molecule has 7 nitrogen and oxygen atoms in total. The van der Waals surface area contributed by atoms with Gasteiger partial charge >= 0.3 is 6.61 Å². The number of fused-ring (bicyclic) bond motifs is 2. The fraction of sp³-hybridized carbons (Fsp3) is 0.619. The largest absolute Gasteiger partial charge is 0.432 e. The van der Waals surface area contributed by atoms with Crippen LogP contribution in [-0.4, -0.2) is 71.5 Å². The molecule has 3 aliphatic rings. The van der Waals surface area contributed by atoms with Gasteiger partial charge in [-0.15, -0.1) is 0 Å². The third-order valence-corrected chi connectivity index (χ3v) is 5.45. The van der Waals surface area contributed by atoms with E-state index in [1.165, 1.54) is 6.07 Å². The number of hydrogen-bond donors (Lipinski definition) is 2. The van der Waals surface area contributed by atoms with E-state index in [2.05, 4.69) is 20.3 Å². The molecule has 31 heavy (non-hydrogen) atoms. The standard InChI is InChI=1S/C21H29F3N4O3/c1-12(19(30)26-21(2,3)4)28-14-8-15(28)10-27(9-14)11-18(29)25-13-5-6-16(22)17(7-13)31-20(23)24/h5-7,12,14-15,20H,8-11H2,1-4H3,(H,25,29)(H,26,30). The van der Waals surface area contributed by atoms with Gasteiger partial charge in [0.2, 0.25) is 11.8 Å². The summed E-state index contributed by atoms with van der Waals surface area (Å²) in [6.07, 6.45) is 0.984. The average Bonchev–Trinajstić information content (AvgIpc) is 2.62. The fourth-order valence-corrected chi connectivity index (χ4v) is 4.27. The maximum absolute atomic E-state index is 13.5. The van der Waals surface area contributed by atoms with Crippen molar-refractivity contribution in [1.82, 2.24) is 15.1 Å². The lowest BCUT2D eigenvalue weighted by molar-refractivity contribution is -0.143. The molecule has 3 aliphatic heterocycles. The van der Waals surface area contributed by atoms with Crippen molar-refractivity contribution < 1.29 is 27.5 Å². The lowest BCUT2D eigenvalue weighted by Crippen LogP contribution is -2.73. The number of nitrogens with zero attached hydrogens (tertiary/aromatic N) is 2. The molecule has 1 aromatic carbocycles. The molecule has 0 spiro atoms. The Hall–Kier alpha value is -2.33. The molecule has 10 heteroatoms. The molecule has 3 heterocycles. The average molecular weight is 442 g/mol. The van der Waals surface area contributed by atoms with E-state index in [4.69, 9.17) is 0 Å². The Morgan fingerprint density at radius 2 is 1.87 bits per heavy atom. The number of nitrogens with one attached hydrogen (secondary N) is 2. The summed E-state index contributed by atoms with van der Waals surface area (Å²) in [5.41, 5.74) is -0.117. The van der Waals surface area contributed by atoms with Gasteiger partial charge in [0.25, 0.3) is 0 Å². The minimum Gasteiger partial charge on any atom is -0.432 e. The van der Waals surface area contributed by atoms with Crippen LogP contribution in [0, 0.1) is 5.82 Å². The topological polar surface area (TPSA) is 73.9 Å². The highest BCUT2D eigenvalue weighted by atomic mass is 19.3. The van der Waals surface area contributed by atoms with Crippen LogP contribution in [0.15, 0.2) is 18.2 Å². The molecule has 2 N–H and O–H groups in total. The van der Waals surface area contributed by atoms with Crippen LogP contribution in [-0.2, 0) is 9.59 Å². The first-order valence-corrected chi connectivity index (χ1v) is 10.3. The predicted octanol–water partition coefficient (Wildman–Crippen LogP) is 2.43. The fourth-order valence-electron chi connectivity index (χ4n) is 4.27. The number of amides is 2. The van der Waals surface area contributed by atoms with Gasteiger partial charge in [-0.05, 0) is 46.2 Å². The Labute approximate surface area is 179 Å². The van der Waals surface area contributed by atoms with E-state index in [9.17, 15) is 22.8 Å². The van der Waals surface area contributed by atoms with E-state index in [1.807, 2.05) is 32.6 Å². The molecule has 0 aliphatic carbocycles. The quantitative estimate of drug-likeness (QED) is 0.679. The normalized spacial score (nSPS) is 22.6. The zero-order valence-corrected chi connectivity index (χ0v) is 18.1. The van der Waals surface area contributed by atoms with E-state index in [0.29, 0.717) is 13.1 Å². The predicted molar refractivity (Wildman–Crippen MR) is 109 cm³/mol. The second kappa shape index (κ2) is 9.04. The number of carbonyl (C=O) groups is 2. The summed E-state index contributed by atoms with van der Waals surface area (Å²) in [6.45, 7) is 5.99. The van der Waals surface area contributed by atoms with E-state index in [1.54, 1.807) is 0 Å². The number of carbonyl (C=O) groups excluding carboxylic acids is 2. The molecule has 2 amide bonds. The number of ether oxygens (including phenoxy) is 1. The highest BCUT2D eigenvalue weighted by Crippen LogP contribution is 2.34. The summed E-state index contributed by atoms with van der Waals surface area (Å²) < 4.78 is 42.3. The minimum atomic E-state index is -3.16. The van der Waals surface area contributed by atoms with Gasteiger partial charge in [0.1, 0.15) is 0 Å². The highest BCUT2D eigenvalue weighted by Gasteiger charge is 2.48. The summed E-state index contributed by atoms with van der Waals surface area (Å²) in [7, 11) is 0. The molecular formula is C21H29F3N4O3. The summed E-state index contributed by atoms with van der Waals surface area (Å²) >= 11 is 0. The summed E-state index contributed by atoms with van der Waals surface area (Å²) in [5, 5.41) is 5.59. The smallest absolute Gasteiger partial charge is 0.387 e. The Kier molecular flexibility index (Phi) is 6.80. The number of benzene rings is 1. The number of piperazine rings is 1. The lowest BCUT2D eigenvalue weighted by atomic mass is 9.85. The summed E-state index contributed by atoms with van der Waals surface area (Å²) in [6, 6.07) is 3.44. The van der Waals surface area contributed by atoms with Crippen LogP contribution in [0.1, 0.15) is 34.1 Å². The van der Waals surface area contributed by atoms with Gasteiger partial charge in [-0.2, -0.15) is 8.78 Å². The number of alkyl halides is 2. The van der Waals surface area contributed by atoms with Crippen molar-refractivity contribution in [3.8, 4) is 5.75 Å². The van der Waals surface area contributed by atoms with E-state index in [0.717, 1.165) is 18.6 Å². The maximum atomic E-state index is 13.5. The van der Waals surface area contributed by atoms with Crippen molar-refractivity contribution in [2.75, 3.05) is 25.0 Å². The third-order valence-electron chi connectivity index (χ3n) is 5.45. The van der Waals surface area contributed by atoms with Gasteiger partial charge in [0, 0.05) is 42.5 Å². The molecule has 0 radical (unpaired) electrons. The van der Waals surface area contributed by atoms with Gasteiger partial charge in [-0.25, -0.2) is 4.39 Å². The Morgan fingerprint density at radius 1 is 1.23 bits per heavy atom. The summed E-state index contributed by atoms with van der Waals surface area (Å²) in [4.78, 5) is 29.1. The van der Waals surface area contributed by atoms with Crippen LogP contribution in [0.5, 0.6) is 5.75 Å². The molecule has 4 rings (SSSR count). The molecule has 2 bridgehead atoms. The monoisotopic (exact) mass is 442 g/mol. The zero-order valence-electron chi connectivity index (χ0n) is 18.1. The van der Waals surface area contributed by atoms with Crippen LogP contribution in [0.25, 0.3) is 0 Å². The first-order valence-electron chi connectivity index (χ1n) is 10.3. The SMILES string of the molecule is CC(C(=O)NC(C)(C)C)N1C2CC1CN(CC(=O)Nc1ccc(F)c(OC(F)F)c1)C2. The van der Waals surface area contributed by atoms with Crippen molar-refractivity contribution in [3.05, 3.63) is 24.0 Å². The van der Waals surface area contributed by atoms with Crippen LogP contribution in [0.3, 0.4) is 0 Å². The zero-order chi connectivity index (χ0) is 22.9. The van der Waals surface area contributed by atoms with Crippen LogP contribution in [0.2, 0.25) is 0 Å². The van der Waals surface area contributed by atoms with Crippen LogP contribution in [0.4, 0.5) is 18.9 Å². The van der Waals surface area contributed by atoms with Crippen molar-refractivity contribution in [2.24, 2.45) is 0 Å². The third kappa shape index (κ3) is 5.88. The molecule has 172 valence electrons. The maximum Gasteiger partial charge on any atom is 0.387 e. The molecule has 0 aromatic heterocycles. The second-order valence-corrected chi connectivity index (χ2v) is 9.17. The number of anilines is 1. The van der Waals surface area contributed by atoms with Gasteiger partial charge in [0.15, 0.2) is 11.6 Å². The number of rotatable bonds is 7. The van der Waals surface area contributed by atoms with Crippen LogP contribution >= 0.6 is 0 Å². The highest BCUT2D eigenvalue weighted by molar-refractivity contribution is 5.92. The number of piperidine rings is 1. The number of halogens is 3. The van der Waals surface area contributed by atoms with Gasteiger partial charge in [-0.3, -0.25) is 19.4 Å². The minimum absolute atomic E-state index is 0.00785. The van der Waals surface area contributed by atoms with Gasteiger partial charge < -0.3 is 15.4 Å². The van der Waals surface area contributed by atoms with E-state index >= 15 is 0 Å². The van der Waals surface area contributed by atoms with E-state index < -0.39 is 18.2 Å². The van der Waals surface area contributed by atoms with E-state index in [-0.39, 0.29) is 47.7 Å². The van der Waals surface area contributed by atoms with Crippen LogP contribution < -0.4 is 15.4 Å². The Morgan fingerprint density at radius 3 is 2.45 bits per heavy atom. The second-order valence-electron chi connectivity index (χ2n) is 9.17. The van der Waals surface area contributed by atoms with Gasteiger partial charge in [0.05, 0.1) is 12.6 Å². The van der Waals surface area contributed by atoms with Crippen molar-refractivity contribution >= 4 is 17.5 Å². The molecule has 1 aromatic rings. The first-order chi connectivity index (χ1) is 14.4. The molecule has 3 fully saturated rings. The Bertz CT molecular complexity index is 819. The molecule has 3 saturated heterocycles. The van der Waals surface area contributed by atoms with Crippen molar-refractivity contribution in [1.29, 1.82) is 0 Å². The van der Waals surface area contributed by atoms with Gasteiger partial charge in [-0.1, -0.05) is 0 Å². The number of hydrogen-bond acceptors (Lipinski definition) is 5. The molecule has 0 saturated carbocycles. The lowest BCUT2D eigenvalue weighted by Gasteiger charge is -2.58. The molecule has 3 atom stereocenters. The molecule has 3 unspecified atom stereocenters. The van der Waals surface area contributed by atoms with Crippen molar-refractivity contribution in [3.63, 3.8) is 0 Å². The van der Waals surface area contributed by atoms with Crippen molar-refractivity contribution in [2.45, 2.75) is 64.4 Å². The first kappa shape index (κ1) is 23.3. The summed E-state index contributed by atoms with van der Waals surface area (Å²) in [5.74, 6) is -1.89. The Balaban J connectivity index is 1.51. The molecular weight excluding hydrogens is 413 g/mol.